The molecule has 272 valence electrons. The van der Waals surface area contributed by atoms with Gasteiger partial charge in [-0.15, -0.1) is 0 Å². The topological polar surface area (TPSA) is 149 Å². The van der Waals surface area contributed by atoms with Crippen molar-refractivity contribution in [1.29, 1.82) is 0 Å². The minimum atomic E-state index is -4.63. The van der Waals surface area contributed by atoms with Crippen molar-refractivity contribution in [1.82, 2.24) is 0 Å². The number of hydrogen-bond acceptors (Lipinski definition) is 9. The third-order valence-corrected chi connectivity index (χ3v) is 7.37. The van der Waals surface area contributed by atoms with E-state index in [1.165, 1.54) is 0 Å². The predicted molar refractivity (Wildman–Crippen MR) is 191 cm³/mol. The number of ether oxygens (including phenoxy) is 2. The summed E-state index contributed by atoms with van der Waals surface area (Å²) >= 11 is 0. The molecule has 0 heterocycles. The van der Waals surface area contributed by atoms with Crippen LogP contribution < -0.4 is 0 Å². The Morgan fingerprint density at radius 3 is 1.90 bits per heavy atom. The quantitative estimate of drug-likeness (QED) is 0.0222. The molecule has 0 saturated heterocycles. The van der Waals surface area contributed by atoms with E-state index in [1.807, 2.05) is 54.7 Å². The summed E-state index contributed by atoms with van der Waals surface area (Å²) in [7, 11) is -4.63. The van der Waals surface area contributed by atoms with Crippen LogP contribution in [-0.4, -0.2) is 65.7 Å². The Bertz CT molecular complexity index is 1070. The van der Waals surface area contributed by atoms with Crippen LogP contribution in [0.15, 0.2) is 85.1 Å². The lowest BCUT2D eigenvalue weighted by Gasteiger charge is -2.20. The van der Waals surface area contributed by atoms with Gasteiger partial charge in [0.1, 0.15) is 12.7 Å². The number of carbonyl (C=O) groups is 2. The third kappa shape index (κ3) is 31.7. The van der Waals surface area contributed by atoms with Gasteiger partial charge in [0, 0.05) is 12.8 Å². The van der Waals surface area contributed by atoms with Crippen LogP contribution in [0.4, 0.5) is 0 Å². The molecule has 0 aliphatic heterocycles. The van der Waals surface area contributed by atoms with E-state index in [2.05, 4.69) is 48.8 Å². The van der Waals surface area contributed by atoms with Crippen LogP contribution in [0.5, 0.6) is 0 Å². The lowest BCUT2D eigenvalue weighted by atomic mass is 10.1. The van der Waals surface area contributed by atoms with Gasteiger partial charge in [0.05, 0.1) is 19.8 Å². The number of aliphatic hydroxyl groups is 2. The highest BCUT2D eigenvalue weighted by molar-refractivity contribution is 7.47. The fraction of sp³-hybridized carbons (Fsp3) is 0.568. The van der Waals surface area contributed by atoms with Crippen LogP contribution in [-0.2, 0) is 32.7 Å². The molecule has 2 unspecified atom stereocenters. The fourth-order valence-corrected chi connectivity index (χ4v) is 4.61. The summed E-state index contributed by atoms with van der Waals surface area (Å²) < 4.78 is 32.4. The minimum Gasteiger partial charge on any atom is -0.462 e. The first kappa shape index (κ1) is 45.2. The number of hydrogen-bond donors (Lipinski definition) is 3. The Labute approximate surface area is 288 Å². The molecule has 0 radical (unpaired) electrons. The molecular weight excluding hydrogens is 635 g/mol. The third-order valence-electron chi connectivity index (χ3n) is 6.42. The van der Waals surface area contributed by atoms with Gasteiger partial charge in [-0.3, -0.25) is 18.6 Å². The fourth-order valence-electron chi connectivity index (χ4n) is 3.82. The highest BCUT2D eigenvalue weighted by atomic mass is 31.2. The molecule has 11 heteroatoms. The maximum absolute atomic E-state index is 12.5. The first-order valence-corrected chi connectivity index (χ1v) is 18.6. The lowest BCUT2D eigenvalue weighted by molar-refractivity contribution is -0.161. The number of rotatable bonds is 30. The molecule has 3 N–H and O–H groups in total. The second-order valence-electron chi connectivity index (χ2n) is 10.9. The van der Waals surface area contributed by atoms with E-state index in [9.17, 15) is 24.2 Å². The Morgan fingerprint density at radius 2 is 1.21 bits per heavy atom. The van der Waals surface area contributed by atoms with Crippen molar-refractivity contribution in [3.63, 3.8) is 0 Å². The van der Waals surface area contributed by atoms with Gasteiger partial charge in [-0.2, -0.15) is 0 Å². The molecule has 48 heavy (non-hydrogen) atoms. The monoisotopic (exact) mass is 694 g/mol. The smallest absolute Gasteiger partial charge is 0.462 e. The van der Waals surface area contributed by atoms with Crippen LogP contribution in [0.25, 0.3) is 0 Å². The molecule has 3 atom stereocenters. The minimum absolute atomic E-state index is 0.0795. The molecule has 0 saturated carbocycles. The van der Waals surface area contributed by atoms with Crippen LogP contribution in [0.2, 0.25) is 0 Å². The van der Waals surface area contributed by atoms with Crippen molar-refractivity contribution in [3.8, 4) is 0 Å². The standard InChI is InChI=1S/C37H59O10P/c1-3-5-7-9-11-13-15-17-19-21-23-25-27-29-37(41)47-35(33-46-48(42,43)45-31-34(39)30-38)32-44-36(40)28-26-24-22-20-18-16-14-12-10-8-6-4-2/h5-9,11-15,17,19,21,23,34-35,38-39H,3-4,10,16,18,20,22,24-33H2,1-2H3,(H,42,43)/b7-5+,8-6+,11-9+,14-12+,15-13+,19-17+,23-21+/t34-,35?/m0/s1. The first-order chi connectivity index (χ1) is 23.2. The molecular formula is C37H59O10P. The zero-order valence-electron chi connectivity index (χ0n) is 28.9. The normalized spacial score (nSPS) is 15.2. The predicted octanol–water partition coefficient (Wildman–Crippen LogP) is 7.93. The van der Waals surface area contributed by atoms with E-state index in [0.29, 0.717) is 19.3 Å². The number of aliphatic hydroxyl groups excluding tert-OH is 2. The summed E-state index contributed by atoms with van der Waals surface area (Å²) in [5.74, 6) is -1.04. The van der Waals surface area contributed by atoms with Gasteiger partial charge >= 0.3 is 19.8 Å². The Morgan fingerprint density at radius 1 is 0.646 bits per heavy atom. The highest BCUT2D eigenvalue weighted by Gasteiger charge is 2.27. The number of carbonyl (C=O) groups excluding carboxylic acids is 2. The van der Waals surface area contributed by atoms with E-state index in [4.69, 9.17) is 19.1 Å². The van der Waals surface area contributed by atoms with Crippen LogP contribution in [0.3, 0.4) is 0 Å². The van der Waals surface area contributed by atoms with E-state index in [-0.39, 0.29) is 19.4 Å². The van der Waals surface area contributed by atoms with Gasteiger partial charge in [0.2, 0.25) is 0 Å². The summed E-state index contributed by atoms with van der Waals surface area (Å²) in [5, 5.41) is 18.2. The second-order valence-corrected chi connectivity index (χ2v) is 12.3. The van der Waals surface area contributed by atoms with Crippen molar-refractivity contribution in [2.45, 2.75) is 110 Å². The molecule has 10 nitrogen and oxygen atoms in total. The molecule has 0 bridgehead atoms. The molecule has 0 aromatic rings. The molecule has 0 aliphatic rings. The van der Waals surface area contributed by atoms with Crippen molar-refractivity contribution >= 4 is 19.8 Å². The molecule has 0 rings (SSSR count). The largest absolute Gasteiger partial charge is 0.472 e. The summed E-state index contributed by atoms with van der Waals surface area (Å²) in [5.41, 5.74) is 0. The van der Waals surface area contributed by atoms with E-state index >= 15 is 0 Å². The summed E-state index contributed by atoms with van der Waals surface area (Å²) in [4.78, 5) is 34.7. The van der Waals surface area contributed by atoms with Gasteiger partial charge in [0.25, 0.3) is 0 Å². The van der Waals surface area contributed by atoms with Crippen molar-refractivity contribution < 1.29 is 47.8 Å². The number of phosphoric ester groups is 1. The van der Waals surface area contributed by atoms with Gasteiger partial charge in [-0.25, -0.2) is 4.57 Å². The van der Waals surface area contributed by atoms with Gasteiger partial charge < -0.3 is 24.6 Å². The average molecular weight is 695 g/mol. The van der Waals surface area contributed by atoms with Crippen molar-refractivity contribution in [3.05, 3.63) is 85.1 Å². The maximum atomic E-state index is 12.5. The van der Waals surface area contributed by atoms with E-state index in [0.717, 1.165) is 51.4 Å². The van der Waals surface area contributed by atoms with Gasteiger partial charge in [0.15, 0.2) is 6.10 Å². The molecule has 0 aromatic heterocycles. The summed E-state index contributed by atoms with van der Waals surface area (Å²) in [6.07, 6.45) is 35.8. The van der Waals surface area contributed by atoms with Gasteiger partial charge in [-0.1, -0.05) is 118 Å². The van der Waals surface area contributed by atoms with Crippen LogP contribution in [0, 0.1) is 0 Å². The molecule has 0 spiro atoms. The molecule has 0 aromatic carbocycles. The van der Waals surface area contributed by atoms with E-state index < -0.39 is 51.8 Å². The number of phosphoric acid groups is 1. The van der Waals surface area contributed by atoms with Crippen LogP contribution in [0.1, 0.15) is 97.3 Å². The summed E-state index contributed by atoms with van der Waals surface area (Å²) in [6.45, 7) is 1.96. The van der Waals surface area contributed by atoms with Crippen LogP contribution >= 0.6 is 7.82 Å². The van der Waals surface area contributed by atoms with Crippen molar-refractivity contribution in [2.24, 2.45) is 0 Å². The molecule has 0 aliphatic carbocycles. The Kier molecular flexibility index (Phi) is 30.7. The summed E-state index contributed by atoms with van der Waals surface area (Å²) in [6, 6.07) is 0. The maximum Gasteiger partial charge on any atom is 0.472 e. The molecule has 0 fully saturated rings. The Balaban J connectivity index is 4.61. The SMILES string of the molecule is CC/C=C/C=C/C=C/C=C/C=C/CCCC(=O)OC(COC(=O)CCCCCCC/C=C/C/C=C/CC)COP(=O)(O)OC[C@@H](O)CO. The number of unbranched alkanes of at least 4 members (excludes halogenated alkanes) is 6. The van der Waals surface area contributed by atoms with Crippen molar-refractivity contribution in [2.75, 3.05) is 26.4 Å². The number of allylic oxidation sites excluding steroid dienone is 14. The van der Waals surface area contributed by atoms with E-state index in [1.54, 1.807) is 0 Å². The number of esters is 2. The second kappa shape index (κ2) is 32.7. The van der Waals surface area contributed by atoms with Gasteiger partial charge in [-0.05, 0) is 51.4 Å². The average Bonchev–Trinajstić information content (AvgIpc) is 3.07. The first-order valence-electron chi connectivity index (χ1n) is 17.1. The zero-order valence-corrected chi connectivity index (χ0v) is 29.8. The molecule has 0 amide bonds. The zero-order chi connectivity index (χ0) is 35.6. The highest BCUT2D eigenvalue weighted by Crippen LogP contribution is 2.43. The lowest BCUT2D eigenvalue weighted by Crippen LogP contribution is -2.29. The Hall–Kier alpha value is -2.85.